The SMILES string of the molecule is CCOC(=O)C(P=O)C(C)C(C)Br. The second-order valence-corrected chi connectivity index (χ2v) is 5.05. The van der Waals surface area contributed by atoms with Gasteiger partial charge in [0.15, 0.2) is 8.46 Å². The number of halogens is 1. The molecule has 0 fully saturated rings. The molecule has 0 aromatic carbocycles. The predicted octanol–water partition coefficient (Wildman–Crippen LogP) is 2.63. The molecular formula is C8H14BrO3P. The van der Waals surface area contributed by atoms with Gasteiger partial charge in [0.1, 0.15) is 5.66 Å². The van der Waals surface area contributed by atoms with Crippen LogP contribution in [0, 0.1) is 5.92 Å². The lowest BCUT2D eigenvalue weighted by Crippen LogP contribution is -2.29. The van der Waals surface area contributed by atoms with Gasteiger partial charge in [-0.2, -0.15) is 0 Å². The monoisotopic (exact) mass is 268 g/mol. The Balaban J connectivity index is 4.32. The van der Waals surface area contributed by atoms with Gasteiger partial charge in [0.2, 0.25) is 0 Å². The lowest BCUT2D eigenvalue weighted by Gasteiger charge is -2.18. The number of hydrogen-bond donors (Lipinski definition) is 0. The number of carbonyl (C=O) groups is 1. The lowest BCUT2D eigenvalue weighted by atomic mass is 10.1. The van der Waals surface area contributed by atoms with Crippen molar-refractivity contribution in [2.45, 2.75) is 31.3 Å². The smallest absolute Gasteiger partial charge is 0.321 e. The number of rotatable bonds is 5. The average molecular weight is 269 g/mol. The molecule has 0 saturated carbocycles. The zero-order valence-corrected chi connectivity index (χ0v) is 10.5. The highest BCUT2D eigenvalue weighted by Gasteiger charge is 2.29. The Morgan fingerprint density at radius 3 is 2.38 bits per heavy atom. The van der Waals surface area contributed by atoms with E-state index in [1.54, 1.807) is 6.92 Å². The average Bonchev–Trinajstić information content (AvgIpc) is 2.05. The number of alkyl halides is 1. The van der Waals surface area contributed by atoms with Crippen LogP contribution in [0.1, 0.15) is 20.8 Å². The summed E-state index contributed by atoms with van der Waals surface area (Å²) in [4.78, 5) is 11.4. The summed E-state index contributed by atoms with van der Waals surface area (Å²) in [7, 11) is -0.171. The normalized spacial score (nSPS) is 17.8. The molecule has 0 bridgehead atoms. The zero-order valence-electron chi connectivity index (χ0n) is 7.99. The van der Waals surface area contributed by atoms with Crippen molar-refractivity contribution in [2.75, 3.05) is 6.61 Å². The van der Waals surface area contributed by atoms with Crippen molar-refractivity contribution < 1.29 is 14.1 Å². The molecule has 0 amide bonds. The molecule has 0 heterocycles. The Kier molecular flexibility index (Phi) is 6.52. The van der Waals surface area contributed by atoms with E-state index >= 15 is 0 Å². The fraction of sp³-hybridized carbons (Fsp3) is 0.875. The minimum absolute atomic E-state index is 0.00165. The number of esters is 1. The Hall–Kier alpha value is 0.0500. The third kappa shape index (κ3) is 4.19. The van der Waals surface area contributed by atoms with Crippen molar-refractivity contribution in [3.63, 3.8) is 0 Å². The molecule has 0 aromatic heterocycles. The van der Waals surface area contributed by atoms with Crippen LogP contribution in [0.5, 0.6) is 0 Å². The van der Waals surface area contributed by atoms with Crippen molar-refractivity contribution in [2.24, 2.45) is 5.92 Å². The standard InChI is InChI=1S/C8H14BrO3P/c1-4-12-8(10)7(13-11)5(2)6(3)9/h5-7H,4H2,1-3H3. The second-order valence-electron chi connectivity index (χ2n) is 2.84. The first-order chi connectivity index (χ1) is 6.04. The predicted molar refractivity (Wildman–Crippen MR) is 55.6 cm³/mol. The van der Waals surface area contributed by atoms with Crippen molar-refractivity contribution in [1.82, 2.24) is 0 Å². The van der Waals surface area contributed by atoms with Crippen LogP contribution in [-0.2, 0) is 14.1 Å². The molecular weight excluding hydrogens is 255 g/mol. The molecule has 0 rings (SSSR count). The Labute approximate surface area is 88.6 Å². The van der Waals surface area contributed by atoms with Crippen molar-refractivity contribution in [3.8, 4) is 0 Å². The van der Waals surface area contributed by atoms with E-state index in [-0.39, 0.29) is 19.2 Å². The summed E-state index contributed by atoms with van der Waals surface area (Å²) >= 11 is 3.35. The molecule has 0 N–H and O–H groups in total. The maximum atomic E-state index is 11.3. The Morgan fingerprint density at radius 1 is 1.54 bits per heavy atom. The van der Waals surface area contributed by atoms with Crippen LogP contribution in [0.15, 0.2) is 0 Å². The molecule has 3 unspecified atom stereocenters. The summed E-state index contributed by atoms with van der Waals surface area (Å²) in [6.45, 7) is 5.85. The minimum atomic E-state index is -0.561. The molecule has 76 valence electrons. The first kappa shape index (κ1) is 13.1. The minimum Gasteiger partial charge on any atom is -0.465 e. The molecule has 5 heteroatoms. The van der Waals surface area contributed by atoms with Crippen LogP contribution in [0.3, 0.4) is 0 Å². The molecule has 3 nitrogen and oxygen atoms in total. The Morgan fingerprint density at radius 2 is 2.08 bits per heavy atom. The van der Waals surface area contributed by atoms with Crippen molar-refractivity contribution in [1.29, 1.82) is 0 Å². The molecule has 0 aromatic rings. The molecule has 0 spiro atoms. The number of hydrogen-bond acceptors (Lipinski definition) is 3. The number of carbonyl (C=O) groups excluding carboxylic acids is 1. The van der Waals surface area contributed by atoms with E-state index < -0.39 is 11.6 Å². The molecule has 0 radical (unpaired) electrons. The maximum absolute atomic E-state index is 11.3. The molecule has 13 heavy (non-hydrogen) atoms. The van der Waals surface area contributed by atoms with Crippen LogP contribution in [0.25, 0.3) is 0 Å². The van der Waals surface area contributed by atoms with E-state index in [0.29, 0.717) is 6.61 Å². The van der Waals surface area contributed by atoms with Gasteiger partial charge in [-0.05, 0) is 12.8 Å². The van der Waals surface area contributed by atoms with Gasteiger partial charge >= 0.3 is 5.97 Å². The Bertz CT molecular complexity index is 184. The highest BCUT2D eigenvalue weighted by molar-refractivity contribution is 9.09. The third-order valence-electron chi connectivity index (χ3n) is 1.86. The molecule has 0 aliphatic heterocycles. The fourth-order valence-electron chi connectivity index (χ4n) is 0.833. The number of ether oxygens (including phenoxy) is 1. The molecule has 0 saturated heterocycles. The van der Waals surface area contributed by atoms with Gasteiger partial charge in [0.25, 0.3) is 0 Å². The fourth-order valence-corrected chi connectivity index (χ4v) is 1.98. The summed E-state index contributed by atoms with van der Waals surface area (Å²) in [6, 6.07) is 0. The van der Waals surface area contributed by atoms with E-state index in [1.807, 2.05) is 13.8 Å². The first-order valence-corrected chi connectivity index (χ1v) is 5.97. The van der Waals surface area contributed by atoms with Crippen LogP contribution in [-0.4, -0.2) is 23.1 Å². The summed E-state index contributed by atoms with van der Waals surface area (Å²) in [6.07, 6.45) is 0. The molecule has 0 aliphatic carbocycles. The summed E-state index contributed by atoms with van der Waals surface area (Å²) < 4.78 is 15.5. The summed E-state index contributed by atoms with van der Waals surface area (Å²) in [5.74, 6) is -0.392. The van der Waals surface area contributed by atoms with Gasteiger partial charge in [0, 0.05) is 4.83 Å². The van der Waals surface area contributed by atoms with Crippen molar-refractivity contribution >= 4 is 30.4 Å². The van der Waals surface area contributed by atoms with Gasteiger partial charge < -0.3 is 4.74 Å². The highest BCUT2D eigenvalue weighted by atomic mass is 79.9. The summed E-state index contributed by atoms with van der Waals surface area (Å²) in [5.41, 5.74) is -0.561. The van der Waals surface area contributed by atoms with Crippen LogP contribution in [0.2, 0.25) is 0 Å². The van der Waals surface area contributed by atoms with Gasteiger partial charge in [-0.1, -0.05) is 29.8 Å². The van der Waals surface area contributed by atoms with Crippen LogP contribution >= 0.6 is 24.4 Å². The van der Waals surface area contributed by atoms with Gasteiger partial charge in [-0.3, -0.25) is 9.36 Å². The third-order valence-corrected chi connectivity index (χ3v) is 3.61. The van der Waals surface area contributed by atoms with E-state index in [2.05, 4.69) is 15.9 Å². The van der Waals surface area contributed by atoms with Crippen LogP contribution < -0.4 is 0 Å². The second kappa shape index (κ2) is 6.50. The zero-order chi connectivity index (χ0) is 10.4. The molecule has 3 atom stereocenters. The maximum Gasteiger partial charge on any atom is 0.321 e. The highest BCUT2D eigenvalue weighted by Crippen LogP contribution is 2.25. The van der Waals surface area contributed by atoms with Gasteiger partial charge in [0.05, 0.1) is 6.61 Å². The van der Waals surface area contributed by atoms with Crippen LogP contribution in [0.4, 0.5) is 0 Å². The van der Waals surface area contributed by atoms with Gasteiger partial charge in [-0.15, -0.1) is 0 Å². The lowest BCUT2D eigenvalue weighted by molar-refractivity contribution is -0.143. The summed E-state index contributed by atoms with van der Waals surface area (Å²) in [5, 5.41) is 0. The van der Waals surface area contributed by atoms with E-state index in [1.165, 1.54) is 0 Å². The van der Waals surface area contributed by atoms with E-state index in [4.69, 9.17) is 4.74 Å². The van der Waals surface area contributed by atoms with E-state index in [0.717, 1.165) is 0 Å². The van der Waals surface area contributed by atoms with Gasteiger partial charge in [-0.25, -0.2) is 0 Å². The molecule has 0 aliphatic rings. The first-order valence-electron chi connectivity index (χ1n) is 4.17. The topological polar surface area (TPSA) is 43.4 Å². The quantitative estimate of drug-likeness (QED) is 0.437. The largest absolute Gasteiger partial charge is 0.465 e. The van der Waals surface area contributed by atoms with Crippen molar-refractivity contribution in [3.05, 3.63) is 0 Å². The van der Waals surface area contributed by atoms with E-state index in [9.17, 15) is 9.36 Å².